The van der Waals surface area contributed by atoms with Crippen molar-refractivity contribution in [2.75, 3.05) is 50.4 Å². The van der Waals surface area contributed by atoms with E-state index in [1.165, 1.54) is 0 Å². The highest BCUT2D eigenvalue weighted by atomic mass is 32.2. The summed E-state index contributed by atoms with van der Waals surface area (Å²) in [5.41, 5.74) is 0.893. The first-order chi connectivity index (χ1) is 10.7. The Morgan fingerprint density at radius 3 is 2.91 bits per heavy atom. The number of piperazine rings is 1. The van der Waals surface area contributed by atoms with E-state index in [2.05, 4.69) is 24.3 Å². The number of rotatable bonds is 5. The molecule has 120 valence electrons. The summed E-state index contributed by atoms with van der Waals surface area (Å²) in [7, 11) is 2.77. The fraction of sp³-hybridized carbons (Fsp3) is 0.533. The molecule has 0 aliphatic carbocycles. The number of carbonyl (C=O) groups is 1. The Kier molecular flexibility index (Phi) is 5.58. The smallest absolute Gasteiger partial charge is 0.234 e. The third kappa shape index (κ3) is 4.35. The van der Waals surface area contributed by atoms with Crippen molar-refractivity contribution in [3.05, 3.63) is 18.2 Å². The minimum atomic E-state index is 0.0664. The molecule has 1 aromatic carbocycles. The van der Waals surface area contributed by atoms with Crippen LogP contribution in [0.1, 0.15) is 6.42 Å². The molecule has 0 saturated carbocycles. The second-order valence-corrected chi connectivity index (χ2v) is 7.32. The first-order valence-corrected chi connectivity index (χ1v) is 9.12. The van der Waals surface area contributed by atoms with E-state index in [1.54, 1.807) is 11.8 Å². The molecule has 1 unspecified atom stereocenters. The summed E-state index contributed by atoms with van der Waals surface area (Å²) in [6.07, 6.45) is 1.04. The van der Waals surface area contributed by atoms with Gasteiger partial charge in [0.05, 0.1) is 18.0 Å². The van der Waals surface area contributed by atoms with E-state index in [0.717, 1.165) is 62.1 Å². The van der Waals surface area contributed by atoms with Gasteiger partial charge in [0.25, 0.3) is 0 Å². The number of hydrogen-bond donors (Lipinski definition) is 1. The molecule has 22 heavy (non-hydrogen) atoms. The molecule has 1 N–H and O–H groups in total. The first kappa shape index (κ1) is 16.1. The molecule has 1 amide bonds. The van der Waals surface area contributed by atoms with E-state index >= 15 is 0 Å². The number of ether oxygens (including phenoxy) is 1. The van der Waals surface area contributed by atoms with Crippen molar-refractivity contribution < 1.29 is 9.53 Å². The minimum absolute atomic E-state index is 0.0664. The van der Waals surface area contributed by atoms with Gasteiger partial charge in [0.2, 0.25) is 5.91 Å². The molecule has 2 aliphatic rings. The van der Waals surface area contributed by atoms with Crippen molar-refractivity contribution in [2.24, 2.45) is 0 Å². The van der Waals surface area contributed by atoms with Gasteiger partial charge in [-0.25, -0.2) is 0 Å². The van der Waals surface area contributed by atoms with Crippen molar-refractivity contribution >= 4 is 32.7 Å². The van der Waals surface area contributed by atoms with Crippen LogP contribution >= 0.6 is 21.2 Å². The fourth-order valence-corrected chi connectivity index (χ4v) is 3.67. The van der Waals surface area contributed by atoms with Crippen molar-refractivity contribution in [3.63, 3.8) is 0 Å². The molecular formula is C15H22N3O2PS. The molecule has 1 aromatic rings. The molecule has 7 heteroatoms. The third-order valence-electron chi connectivity index (χ3n) is 3.88. The van der Waals surface area contributed by atoms with Crippen molar-refractivity contribution in [2.45, 2.75) is 11.3 Å². The van der Waals surface area contributed by atoms with E-state index in [-0.39, 0.29) is 5.91 Å². The highest BCUT2D eigenvalue weighted by Crippen LogP contribution is 2.34. The average molecular weight is 339 g/mol. The average Bonchev–Trinajstić information content (AvgIpc) is 2.53. The SMILES string of the molecule is O=C1CSc2cc(OCCCN3CCN(P)CC3)ccc2N1. The van der Waals surface area contributed by atoms with Crippen molar-refractivity contribution in [3.8, 4) is 5.75 Å². The standard InChI is InChI=1S/C15H22N3O2PS/c19-15-11-22-14-10-12(2-3-13(14)16-15)20-9-1-4-17-5-7-18(21)8-6-17/h2-3,10H,1,4-9,11,21H2,(H,16,19). The van der Waals surface area contributed by atoms with E-state index < -0.39 is 0 Å². The van der Waals surface area contributed by atoms with Gasteiger partial charge in [0.1, 0.15) is 5.75 Å². The Morgan fingerprint density at radius 1 is 1.27 bits per heavy atom. The molecule has 0 radical (unpaired) electrons. The number of hydrogen-bond acceptors (Lipinski definition) is 5. The lowest BCUT2D eigenvalue weighted by Gasteiger charge is -2.32. The predicted molar refractivity (Wildman–Crippen MR) is 93.6 cm³/mol. The Hall–Kier alpha value is -0.810. The molecule has 2 aliphatic heterocycles. The number of nitrogens with zero attached hydrogens (tertiary/aromatic N) is 2. The zero-order valence-electron chi connectivity index (χ0n) is 12.6. The van der Waals surface area contributed by atoms with Crippen LogP contribution in [0.25, 0.3) is 0 Å². The minimum Gasteiger partial charge on any atom is -0.494 e. The Labute approximate surface area is 138 Å². The summed E-state index contributed by atoms with van der Waals surface area (Å²) in [5.74, 6) is 1.44. The Morgan fingerprint density at radius 2 is 2.09 bits per heavy atom. The van der Waals surface area contributed by atoms with Gasteiger partial charge in [-0.2, -0.15) is 0 Å². The molecule has 1 atom stereocenters. The number of nitrogens with one attached hydrogen (secondary N) is 1. The van der Waals surface area contributed by atoms with Gasteiger partial charge in [-0.05, 0) is 24.6 Å². The number of amides is 1. The third-order valence-corrected chi connectivity index (χ3v) is 5.45. The largest absolute Gasteiger partial charge is 0.494 e. The van der Waals surface area contributed by atoms with Gasteiger partial charge in [0.15, 0.2) is 0 Å². The van der Waals surface area contributed by atoms with Crippen LogP contribution in [0.3, 0.4) is 0 Å². The molecule has 0 aromatic heterocycles. The van der Waals surface area contributed by atoms with E-state index in [9.17, 15) is 4.79 Å². The topological polar surface area (TPSA) is 44.8 Å². The summed E-state index contributed by atoms with van der Waals surface area (Å²) in [4.78, 5) is 14.9. The Balaban J connectivity index is 1.41. The number of anilines is 1. The lowest BCUT2D eigenvalue weighted by molar-refractivity contribution is -0.113. The number of fused-ring (bicyclic) bond motifs is 1. The summed E-state index contributed by atoms with van der Waals surface area (Å²) in [5, 5.41) is 2.87. The van der Waals surface area contributed by atoms with Gasteiger partial charge >= 0.3 is 0 Å². The second-order valence-electron chi connectivity index (χ2n) is 5.57. The van der Waals surface area contributed by atoms with Gasteiger partial charge in [-0.3, -0.25) is 9.46 Å². The van der Waals surface area contributed by atoms with E-state index in [1.807, 2.05) is 18.2 Å². The van der Waals surface area contributed by atoms with Crippen LogP contribution < -0.4 is 10.1 Å². The summed E-state index contributed by atoms with van der Waals surface area (Å²) >= 11 is 1.57. The van der Waals surface area contributed by atoms with Crippen LogP contribution in [0.4, 0.5) is 5.69 Å². The van der Waals surface area contributed by atoms with E-state index in [4.69, 9.17) is 4.74 Å². The monoisotopic (exact) mass is 339 g/mol. The van der Waals surface area contributed by atoms with E-state index in [0.29, 0.717) is 5.75 Å². The maximum absolute atomic E-state index is 11.3. The van der Waals surface area contributed by atoms with Gasteiger partial charge in [-0.1, -0.05) is 9.39 Å². The molecule has 1 fully saturated rings. The molecule has 1 saturated heterocycles. The maximum Gasteiger partial charge on any atom is 0.234 e. The molecule has 0 spiro atoms. The normalized spacial score (nSPS) is 19.6. The van der Waals surface area contributed by atoms with Crippen LogP contribution in [-0.4, -0.2) is 60.6 Å². The molecule has 3 rings (SSSR count). The van der Waals surface area contributed by atoms with Crippen LogP contribution in [0.2, 0.25) is 0 Å². The first-order valence-electron chi connectivity index (χ1n) is 7.62. The summed E-state index contributed by atoms with van der Waals surface area (Å²) in [6, 6.07) is 5.87. The maximum atomic E-state index is 11.3. The highest BCUT2D eigenvalue weighted by molar-refractivity contribution is 8.00. The predicted octanol–water partition coefficient (Wildman–Crippen LogP) is 1.91. The molecular weight excluding hydrogens is 317 g/mol. The van der Waals surface area contributed by atoms with Crippen LogP contribution in [-0.2, 0) is 4.79 Å². The van der Waals surface area contributed by atoms with Crippen molar-refractivity contribution in [1.29, 1.82) is 0 Å². The van der Waals surface area contributed by atoms with Gasteiger partial charge < -0.3 is 15.0 Å². The zero-order chi connectivity index (χ0) is 15.4. The quantitative estimate of drug-likeness (QED) is 0.656. The Bertz CT molecular complexity index is 536. The highest BCUT2D eigenvalue weighted by Gasteiger charge is 2.16. The lowest BCUT2D eigenvalue weighted by atomic mass is 10.3. The molecule has 5 nitrogen and oxygen atoms in total. The van der Waals surface area contributed by atoms with Gasteiger partial charge in [0, 0.05) is 37.6 Å². The second kappa shape index (κ2) is 7.64. The van der Waals surface area contributed by atoms with Crippen LogP contribution in [0.5, 0.6) is 5.75 Å². The molecule has 0 bridgehead atoms. The number of benzene rings is 1. The summed E-state index contributed by atoms with van der Waals surface area (Å²) in [6.45, 7) is 6.35. The van der Waals surface area contributed by atoms with Crippen LogP contribution in [0, 0.1) is 0 Å². The molecule has 2 heterocycles. The number of thioether (sulfide) groups is 1. The zero-order valence-corrected chi connectivity index (χ0v) is 14.6. The fourth-order valence-electron chi connectivity index (χ4n) is 2.61. The summed E-state index contributed by atoms with van der Waals surface area (Å²) < 4.78 is 8.13. The van der Waals surface area contributed by atoms with Gasteiger partial charge in [-0.15, -0.1) is 11.8 Å². The van der Waals surface area contributed by atoms with Crippen LogP contribution in [0.15, 0.2) is 23.1 Å². The van der Waals surface area contributed by atoms with Crippen molar-refractivity contribution in [1.82, 2.24) is 9.57 Å². The number of carbonyl (C=O) groups excluding carboxylic acids is 1. The lowest BCUT2D eigenvalue weighted by Crippen LogP contribution is -2.42.